The fraction of sp³-hybridized carbons (Fsp3) is 0.333. The summed E-state index contributed by atoms with van der Waals surface area (Å²) in [5.41, 5.74) is 0.345. The number of nitro benzene ring substituents is 1. The topological polar surface area (TPSA) is 113 Å². The Bertz CT molecular complexity index is 721. The monoisotopic (exact) mass is 275 g/mol. The third-order valence-electron chi connectivity index (χ3n) is 3.37. The number of nitrogens with zero attached hydrogens (tertiary/aromatic N) is 2. The summed E-state index contributed by atoms with van der Waals surface area (Å²) < 4.78 is 0. The Morgan fingerprint density at radius 3 is 3.00 bits per heavy atom. The van der Waals surface area contributed by atoms with Crippen LogP contribution in [-0.2, 0) is 0 Å². The van der Waals surface area contributed by atoms with Crippen LogP contribution in [0.1, 0.15) is 6.42 Å². The lowest BCUT2D eigenvalue weighted by atomic mass is 10.1. The number of aromatic nitrogens is 2. The van der Waals surface area contributed by atoms with Gasteiger partial charge in [-0.15, -0.1) is 0 Å². The summed E-state index contributed by atoms with van der Waals surface area (Å²) in [5.74, 6) is 0. The Labute approximate surface area is 113 Å². The van der Waals surface area contributed by atoms with Gasteiger partial charge in [0, 0.05) is 18.7 Å². The largest absolute Gasteiger partial charge is 0.375 e. The molecule has 0 spiro atoms. The summed E-state index contributed by atoms with van der Waals surface area (Å²) in [7, 11) is 0. The molecule has 0 bridgehead atoms. The maximum absolute atomic E-state index is 11.7. The van der Waals surface area contributed by atoms with Crippen molar-refractivity contribution in [2.45, 2.75) is 12.5 Å². The molecule has 1 unspecified atom stereocenters. The molecule has 2 aromatic rings. The summed E-state index contributed by atoms with van der Waals surface area (Å²) in [6.07, 6.45) is 2.19. The maximum atomic E-state index is 11.7. The first-order chi connectivity index (χ1) is 9.65. The van der Waals surface area contributed by atoms with Gasteiger partial charge >= 0.3 is 0 Å². The summed E-state index contributed by atoms with van der Waals surface area (Å²) in [6, 6.07) is 2.97. The first kappa shape index (κ1) is 12.5. The van der Waals surface area contributed by atoms with Crippen molar-refractivity contribution in [3.05, 3.63) is 38.9 Å². The van der Waals surface area contributed by atoms with E-state index >= 15 is 0 Å². The molecule has 1 aromatic heterocycles. The second kappa shape index (κ2) is 4.89. The summed E-state index contributed by atoms with van der Waals surface area (Å²) in [5, 5.41) is 17.7. The van der Waals surface area contributed by atoms with Crippen molar-refractivity contribution in [2.24, 2.45) is 0 Å². The molecule has 1 fully saturated rings. The lowest BCUT2D eigenvalue weighted by molar-refractivity contribution is -0.383. The van der Waals surface area contributed by atoms with Crippen molar-refractivity contribution in [3.8, 4) is 0 Å². The van der Waals surface area contributed by atoms with Gasteiger partial charge in [0.1, 0.15) is 5.69 Å². The summed E-state index contributed by atoms with van der Waals surface area (Å²) in [6.45, 7) is 1.65. The van der Waals surface area contributed by atoms with Gasteiger partial charge < -0.3 is 15.6 Å². The minimum absolute atomic E-state index is 0.108. The number of aromatic amines is 1. The molecule has 2 heterocycles. The van der Waals surface area contributed by atoms with E-state index < -0.39 is 4.92 Å². The Morgan fingerprint density at radius 1 is 1.45 bits per heavy atom. The molecule has 1 saturated heterocycles. The highest BCUT2D eigenvalue weighted by Gasteiger charge is 2.21. The smallest absolute Gasteiger partial charge is 0.293 e. The van der Waals surface area contributed by atoms with Crippen LogP contribution < -0.4 is 16.2 Å². The van der Waals surface area contributed by atoms with Crippen LogP contribution in [0, 0.1) is 10.1 Å². The van der Waals surface area contributed by atoms with Crippen LogP contribution >= 0.6 is 0 Å². The fourth-order valence-corrected chi connectivity index (χ4v) is 2.37. The minimum Gasteiger partial charge on any atom is -0.375 e. The van der Waals surface area contributed by atoms with Crippen molar-refractivity contribution in [1.29, 1.82) is 0 Å². The van der Waals surface area contributed by atoms with E-state index in [9.17, 15) is 14.9 Å². The quantitative estimate of drug-likeness (QED) is 0.558. The standard InChI is InChI=1S/C12H13N5O3/c18-12-8-3-11(17(19)20)10(4-9(8)14-6-15-12)16-7-1-2-13-5-7/h3-4,6-7,13,16H,1-2,5H2,(H,14,15,18). The van der Waals surface area contributed by atoms with Crippen LogP contribution in [0.15, 0.2) is 23.3 Å². The Hall–Kier alpha value is -2.48. The van der Waals surface area contributed by atoms with Gasteiger partial charge in [-0.1, -0.05) is 0 Å². The van der Waals surface area contributed by atoms with E-state index in [1.165, 1.54) is 12.4 Å². The molecule has 1 atom stereocenters. The van der Waals surface area contributed by atoms with Crippen molar-refractivity contribution >= 4 is 22.3 Å². The highest BCUT2D eigenvalue weighted by Crippen LogP contribution is 2.29. The van der Waals surface area contributed by atoms with Crippen LogP contribution in [0.4, 0.5) is 11.4 Å². The Kier molecular flexibility index (Phi) is 3.07. The van der Waals surface area contributed by atoms with Gasteiger partial charge in [-0.05, 0) is 19.0 Å². The highest BCUT2D eigenvalue weighted by molar-refractivity contribution is 5.86. The molecule has 20 heavy (non-hydrogen) atoms. The molecule has 3 N–H and O–H groups in total. The highest BCUT2D eigenvalue weighted by atomic mass is 16.6. The van der Waals surface area contributed by atoms with E-state index in [0.717, 1.165) is 19.5 Å². The molecule has 1 aliphatic heterocycles. The van der Waals surface area contributed by atoms with Crippen molar-refractivity contribution in [3.63, 3.8) is 0 Å². The lowest BCUT2D eigenvalue weighted by Crippen LogP contribution is -2.22. The predicted molar refractivity (Wildman–Crippen MR) is 73.9 cm³/mol. The van der Waals surface area contributed by atoms with Crippen molar-refractivity contribution in [2.75, 3.05) is 18.4 Å². The molecule has 0 radical (unpaired) electrons. The van der Waals surface area contributed by atoms with Crippen molar-refractivity contribution < 1.29 is 4.92 Å². The SMILES string of the molecule is O=c1[nH]cnc2cc(NC3CCNC3)c([N+](=O)[O-])cc12. The molecule has 1 aromatic carbocycles. The average Bonchev–Trinajstić information content (AvgIpc) is 2.91. The number of fused-ring (bicyclic) bond motifs is 1. The second-order valence-corrected chi connectivity index (χ2v) is 4.71. The maximum Gasteiger partial charge on any atom is 0.293 e. The molecule has 0 aliphatic carbocycles. The molecule has 104 valence electrons. The van der Waals surface area contributed by atoms with E-state index in [0.29, 0.717) is 11.2 Å². The van der Waals surface area contributed by atoms with Crippen molar-refractivity contribution in [1.82, 2.24) is 15.3 Å². The van der Waals surface area contributed by atoms with Gasteiger partial charge in [-0.25, -0.2) is 4.98 Å². The van der Waals surface area contributed by atoms with E-state index in [-0.39, 0.29) is 22.7 Å². The molecular formula is C12H13N5O3. The van der Waals surface area contributed by atoms with E-state index in [4.69, 9.17) is 0 Å². The number of nitro groups is 1. The number of benzene rings is 1. The first-order valence-corrected chi connectivity index (χ1v) is 6.28. The molecule has 8 nitrogen and oxygen atoms in total. The number of hydrogen-bond acceptors (Lipinski definition) is 6. The molecule has 0 amide bonds. The third kappa shape index (κ3) is 2.21. The van der Waals surface area contributed by atoms with Crippen LogP contribution in [0.25, 0.3) is 10.9 Å². The number of hydrogen-bond donors (Lipinski definition) is 3. The number of nitrogens with one attached hydrogen (secondary N) is 3. The second-order valence-electron chi connectivity index (χ2n) is 4.71. The third-order valence-corrected chi connectivity index (χ3v) is 3.37. The first-order valence-electron chi connectivity index (χ1n) is 6.28. The van der Waals surface area contributed by atoms with Gasteiger partial charge in [0.25, 0.3) is 11.2 Å². The Balaban J connectivity index is 2.11. The van der Waals surface area contributed by atoms with Gasteiger partial charge in [-0.3, -0.25) is 14.9 Å². The molecule has 8 heteroatoms. The fourth-order valence-electron chi connectivity index (χ4n) is 2.37. The van der Waals surface area contributed by atoms with Gasteiger partial charge in [0.2, 0.25) is 0 Å². The zero-order chi connectivity index (χ0) is 14.1. The molecule has 3 rings (SSSR count). The van der Waals surface area contributed by atoms with Crippen LogP contribution in [0.5, 0.6) is 0 Å². The normalized spacial score (nSPS) is 18.3. The van der Waals surface area contributed by atoms with E-state index in [2.05, 4.69) is 20.6 Å². The molecule has 0 saturated carbocycles. The van der Waals surface area contributed by atoms with E-state index in [1.54, 1.807) is 6.07 Å². The van der Waals surface area contributed by atoms with Crippen LogP contribution in [-0.4, -0.2) is 34.0 Å². The van der Waals surface area contributed by atoms with Crippen LogP contribution in [0.3, 0.4) is 0 Å². The molecular weight excluding hydrogens is 262 g/mol. The number of rotatable bonds is 3. The van der Waals surface area contributed by atoms with Gasteiger partial charge in [0.05, 0.1) is 22.2 Å². The predicted octanol–water partition coefficient (Wildman–Crippen LogP) is 0.605. The summed E-state index contributed by atoms with van der Waals surface area (Å²) >= 11 is 0. The summed E-state index contributed by atoms with van der Waals surface area (Å²) in [4.78, 5) is 28.8. The average molecular weight is 275 g/mol. The number of H-pyrrole nitrogens is 1. The lowest BCUT2D eigenvalue weighted by Gasteiger charge is -2.13. The van der Waals surface area contributed by atoms with Crippen LogP contribution in [0.2, 0.25) is 0 Å². The van der Waals surface area contributed by atoms with E-state index in [1.807, 2.05) is 0 Å². The zero-order valence-electron chi connectivity index (χ0n) is 10.5. The Morgan fingerprint density at radius 2 is 2.30 bits per heavy atom. The van der Waals surface area contributed by atoms with Gasteiger partial charge in [-0.2, -0.15) is 0 Å². The molecule has 1 aliphatic rings. The van der Waals surface area contributed by atoms with Gasteiger partial charge in [0.15, 0.2) is 0 Å². The number of anilines is 1. The zero-order valence-corrected chi connectivity index (χ0v) is 10.5. The minimum atomic E-state index is -0.489.